The number of ether oxygens (including phenoxy) is 1. The number of piperidine rings is 1. The summed E-state index contributed by atoms with van der Waals surface area (Å²) in [5.41, 5.74) is 6.03. The summed E-state index contributed by atoms with van der Waals surface area (Å²) < 4.78 is 8.17. The van der Waals surface area contributed by atoms with Gasteiger partial charge in [-0.3, -0.25) is 9.80 Å². The second-order valence-corrected chi connectivity index (χ2v) is 11.4. The minimum Gasteiger partial charge on any atom is -0.475 e. The Balaban J connectivity index is 1.10. The van der Waals surface area contributed by atoms with E-state index in [2.05, 4.69) is 60.8 Å². The third-order valence-corrected chi connectivity index (χ3v) is 8.45. The minimum absolute atomic E-state index is 0.0758. The van der Waals surface area contributed by atoms with Crippen LogP contribution in [0, 0.1) is 11.3 Å². The summed E-state index contributed by atoms with van der Waals surface area (Å²) in [5, 5.41) is 39.6. The van der Waals surface area contributed by atoms with Crippen molar-refractivity contribution in [3.8, 4) is 45.9 Å². The summed E-state index contributed by atoms with van der Waals surface area (Å²) in [4.78, 5) is 20.8. The van der Waals surface area contributed by atoms with E-state index < -0.39 is 12.1 Å². The van der Waals surface area contributed by atoms with Crippen molar-refractivity contribution in [1.29, 1.82) is 5.26 Å². The molecule has 5 heterocycles. The number of hydrogen-bond donors (Lipinski definition) is 3. The first-order valence-corrected chi connectivity index (χ1v) is 15.1. The van der Waals surface area contributed by atoms with Gasteiger partial charge in [-0.25, -0.2) is 19.9 Å². The first-order valence-electron chi connectivity index (χ1n) is 15.1. The van der Waals surface area contributed by atoms with Gasteiger partial charge in [0.1, 0.15) is 24.3 Å². The molecule has 1 saturated heterocycles. The number of imidazole rings is 1. The van der Waals surface area contributed by atoms with Gasteiger partial charge in [-0.15, -0.1) is 0 Å². The standard InChI is InChI=1S/C34H32N8O4/c35-21-28-36-16-12-29(38-28)42(34(43,44)45)26-13-17-40(18-14-26)22-23-8-10-24(11-9-23)30-31(25-5-2-1-3-6-25)41-19-20-46-33-27(32(41)39-30)7-4-15-37-33/h1-12,15-16,26,43-45H,13-14,17-20,22H2. The van der Waals surface area contributed by atoms with E-state index in [9.17, 15) is 15.3 Å². The molecule has 46 heavy (non-hydrogen) atoms. The van der Waals surface area contributed by atoms with Crippen LogP contribution in [-0.4, -0.2) is 76.6 Å². The van der Waals surface area contributed by atoms with Crippen LogP contribution in [0.5, 0.6) is 5.88 Å². The molecule has 12 heteroatoms. The molecule has 3 N–H and O–H groups in total. The second kappa shape index (κ2) is 12.3. The van der Waals surface area contributed by atoms with Crippen LogP contribution in [0.4, 0.5) is 5.82 Å². The number of nitrogens with zero attached hydrogens (tertiary/aromatic N) is 8. The predicted octanol–water partition coefficient (Wildman–Crippen LogP) is 3.39. The average Bonchev–Trinajstić information content (AvgIpc) is 3.35. The minimum atomic E-state index is -3.13. The Morgan fingerprint density at radius 1 is 0.870 bits per heavy atom. The van der Waals surface area contributed by atoms with Gasteiger partial charge in [0.15, 0.2) is 0 Å². The fourth-order valence-corrected chi connectivity index (χ4v) is 6.36. The largest absolute Gasteiger partial charge is 0.475 e. The molecular formula is C34H32N8O4. The third-order valence-electron chi connectivity index (χ3n) is 8.45. The lowest BCUT2D eigenvalue weighted by atomic mass is 10.0. The summed E-state index contributed by atoms with van der Waals surface area (Å²) in [6.07, 6.45) is 1.06. The molecule has 7 rings (SSSR count). The lowest BCUT2D eigenvalue weighted by Crippen LogP contribution is -2.57. The number of aromatic nitrogens is 5. The van der Waals surface area contributed by atoms with Crippen LogP contribution in [0.3, 0.4) is 0 Å². The van der Waals surface area contributed by atoms with Crippen molar-refractivity contribution in [2.75, 3.05) is 24.6 Å². The Kier molecular flexibility index (Phi) is 7.90. The van der Waals surface area contributed by atoms with Crippen molar-refractivity contribution in [3.63, 3.8) is 0 Å². The van der Waals surface area contributed by atoms with Crippen LogP contribution >= 0.6 is 0 Å². The second-order valence-electron chi connectivity index (χ2n) is 11.4. The van der Waals surface area contributed by atoms with Gasteiger partial charge >= 0.3 is 6.10 Å². The van der Waals surface area contributed by atoms with Gasteiger partial charge in [-0.05, 0) is 36.6 Å². The lowest BCUT2D eigenvalue weighted by Gasteiger charge is -2.42. The van der Waals surface area contributed by atoms with Crippen molar-refractivity contribution in [1.82, 2.24) is 29.4 Å². The number of hydrogen-bond acceptors (Lipinski definition) is 11. The van der Waals surface area contributed by atoms with E-state index in [1.54, 1.807) is 6.20 Å². The van der Waals surface area contributed by atoms with Crippen molar-refractivity contribution in [2.24, 2.45) is 0 Å². The lowest BCUT2D eigenvalue weighted by molar-refractivity contribution is -0.314. The zero-order chi connectivity index (χ0) is 31.7. The predicted molar refractivity (Wildman–Crippen MR) is 169 cm³/mol. The Morgan fingerprint density at radius 2 is 1.65 bits per heavy atom. The van der Waals surface area contributed by atoms with E-state index in [0.717, 1.165) is 44.4 Å². The number of fused-ring (bicyclic) bond motifs is 3. The molecule has 2 aliphatic heterocycles. The van der Waals surface area contributed by atoms with Gasteiger partial charge < -0.3 is 24.6 Å². The molecule has 3 aromatic heterocycles. The molecule has 1 fully saturated rings. The molecule has 0 aliphatic carbocycles. The Labute approximate surface area is 265 Å². The third kappa shape index (κ3) is 5.80. The van der Waals surface area contributed by atoms with E-state index in [4.69, 9.17) is 15.0 Å². The fourth-order valence-electron chi connectivity index (χ4n) is 6.36. The van der Waals surface area contributed by atoms with Crippen LogP contribution < -0.4 is 9.64 Å². The number of likely N-dealkylation sites (tertiary alicyclic amines) is 1. The number of nitriles is 1. The van der Waals surface area contributed by atoms with Gasteiger partial charge in [0.05, 0.1) is 23.5 Å². The smallest absolute Gasteiger partial charge is 0.371 e. The first-order chi connectivity index (χ1) is 22.4. The molecule has 0 saturated carbocycles. The topological polar surface area (TPSA) is 157 Å². The fraction of sp³-hybridized carbons (Fsp3) is 0.265. The van der Waals surface area contributed by atoms with Crippen molar-refractivity contribution < 1.29 is 20.1 Å². The Morgan fingerprint density at radius 3 is 2.39 bits per heavy atom. The maximum Gasteiger partial charge on any atom is 0.371 e. The molecule has 0 amide bonds. The van der Waals surface area contributed by atoms with Gasteiger partial charge in [0.25, 0.3) is 0 Å². The van der Waals surface area contributed by atoms with Crippen LogP contribution in [0.1, 0.15) is 24.2 Å². The summed E-state index contributed by atoms with van der Waals surface area (Å²) in [6.45, 7) is 3.18. The molecule has 5 aromatic rings. The molecule has 0 radical (unpaired) electrons. The molecular weight excluding hydrogens is 584 g/mol. The maximum atomic E-state index is 10.1. The number of benzene rings is 2. The van der Waals surface area contributed by atoms with Crippen LogP contribution in [0.25, 0.3) is 33.9 Å². The van der Waals surface area contributed by atoms with Crippen LogP contribution in [0.15, 0.2) is 85.2 Å². The molecule has 2 aromatic carbocycles. The average molecular weight is 617 g/mol. The van der Waals surface area contributed by atoms with Gasteiger partial charge in [0.2, 0.25) is 11.7 Å². The number of pyridine rings is 1. The molecule has 0 unspecified atom stereocenters. The number of rotatable bonds is 7. The summed E-state index contributed by atoms with van der Waals surface area (Å²) in [6, 6.07) is 25.5. The van der Waals surface area contributed by atoms with Gasteiger partial charge in [-0.1, -0.05) is 54.6 Å². The SMILES string of the molecule is N#Cc1nccc(N(C2CCN(Cc3ccc(-c4nc5n(c4-c4ccccc4)CCOc4ncccc4-5)cc3)CC2)C(O)(O)O)n1. The maximum absolute atomic E-state index is 10.1. The van der Waals surface area contributed by atoms with Gasteiger partial charge in [0, 0.05) is 49.2 Å². The van der Waals surface area contributed by atoms with Gasteiger partial charge in [-0.2, -0.15) is 5.26 Å². The van der Waals surface area contributed by atoms with E-state index in [1.807, 2.05) is 36.4 Å². The molecule has 0 spiro atoms. The Hall–Kier alpha value is -5.19. The highest BCUT2D eigenvalue weighted by Crippen LogP contribution is 2.39. The zero-order valence-corrected chi connectivity index (χ0v) is 24.9. The van der Waals surface area contributed by atoms with E-state index >= 15 is 0 Å². The molecule has 0 bridgehead atoms. The first kappa shape index (κ1) is 29.5. The Bertz CT molecular complexity index is 1870. The molecule has 12 nitrogen and oxygen atoms in total. The monoisotopic (exact) mass is 616 g/mol. The summed E-state index contributed by atoms with van der Waals surface area (Å²) in [5.74, 6) is 1.38. The van der Waals surface area contributed by atoms with E-state index in [-0.39, 0.29) is 11.6 Å². The van der Waals surface area contributed by atoms with E-state index in [0.29, 0.717) is 51.5 Å². The molecule has 2 aliphatic rings. The van der Waals surface area contributed by atoms with Crippen molar-refractivity contribution >= 4 is 5.82 Å². The highest BCUT2D eigenvalue weighted by Gasteiger charge is 2.38. The summed E-state index contributed by atoms with van der Waals surface area (Å²) >= 11 is 0. The normalized spacial score (nSPS) is 15.3. The highest BCUT2D eigenvalue weighted by atomic mass is 16.7. The zero-order valence-electron chi connectivity index (χ0n) is 24.9. The van der Waals surface area contributed by atoms with Crippen LogP contribution in [0.2, 0.25) is 0 Å². The van der Waals surface area contributed by atoms with E-state index in [1.165, 1.54) is 12.3 Å². The van der Waals surface area contributed by atoms with Crippen molar-refractivity contribution in [2.45, 2.75) is 38.1 Å². The number of anilines is 1. The van der Waals surface area contributed by atoms with Crippen LogP contribution in [-0.2, 0) is 13.1 Å². The highest BCUT2D eigenvalue weighted by molar-refractivity contribution is 5.83. The summed E-state index contributed by atoms with van der Waals surface area (Å²) in [7, 11) is 0. The quantitative estimate of drug-likeness (QED) is 0.230. The van der Waals surface area contributed by atoms with Crippen molar-refractivity contribution in [3.05, 3.63) is 96.6 Å². The number of aliphatic hydroxyl groups is 3. The molecule has 232 valence electrons. The molecule has 0 atom stereocenters.